The third-order valence-corrected chi connectivity index (χ3v) is 3.32. The Balaban J connectivity index is 2.11. The van der Waals surface area contributed by atoms with Crippen LogP contribution in [-0.4, -0.2) is 5.11 Å². The molecule has 0 aliphatic heterocycles. The largest absolute Gasteiger partial charge is 0.489 e. The van der Waals surface area contributed by atoms with Crippen molar-refractivity contribution in [2.24, 2.45) is 0 Å². The molecule has 3 heteroatoms. The van der Waals surface area contributed by atoms with Crippen LogP contribution in [0.3, 0.4) is 0 Å². The average Bonchev–Trinajstić information content (AvgIpc) is 2.39. The summed E-state index contributed by atoms with van der Waals surface area (Å²) in [6, 6.07) is 10.7. The molecule has 0 unspecified atom stereocenters. The molecule has 0 spiro atoms. The van der Waals surface area contributed by atoms with Crippen LogP contribution in [-0.2, 0) is 6.61 Å². The molecule has 0 bridgehead atoms. The number of rotatable bonds is 4. The molecule has 0 saturated heterocycles. The molecule has 0 aliphatic carbocycles. The fourth-order valence-corrected chi connectivity index (χ4v) is 2.05. The van der Waals surface area contributed by atoms with Crippen molar-refractivity contribution < 1.29 is 14.2 Å². The predicted molar refractivity (Wildman–Crippen MR) is 77.3 cm³/mol. The second kappa shape index (κ2) is 6.06. The summed E-state index contributed by atoms with van der Waals surface area (Å²) in [7, 11) is 0. The second-order valence-corrected chi connectivity index (χ2v) is 5.08. The third-order valence-electron chi connectivity index (χ3n) is 3.32. The Morgan fingerprint density at radius 3 is 2.55 bits per heavy atom. The van der Waals surface area contributed by atoms with Crippen molar-refractivity contribution in [2.45, 2.75) is 33.5 Å². The Hall–Kier alpha value is -1.87. The molecule has 1 atom stereocenters. The molecule has 0 amide bonds. The van der Waals surface area contributed by atoms with Gasteiger partial charge in [0.25, 0.3) is 0 Å². The highest BCUT2D eigenvalue weighted by Crippen LogP contribution is 2.23. The van der Waals surface area contributed by atoms with Crippen molar-refractivity contribution in [1.29, 1.82) is 0 Å². The van der Waals surface area contributed by atoms with Crippen LogP contribution >= 0.6 is 0 Å². The van der Waals surface area contributed by atoms with Crippen molar-refractivity contribution >= 4 is 0 Å². The van der Waals surface area contributed by atoms with Crippen LogP contribution in [0, 0.1) is 19.7 Å². The molecule has 1 N–H and O–H groups in total. The average molecular weight is 274 g/mol. The van der Waals surface area contributed by atoms with Gasteiger partial charge in [-0.3, -0.25) is 0 Å². The first-order valence-electron chi connectivity index (χ1n) is 6.64. The predicted octanol–water partition coefficient (Wildman–Crippen LogP) is 4.07. The molecule has 0 heterocycles. The van der Waals surface area contributed by atoms with Gasteiger partial charge >= 0.3 is 0 Å². The maximum absolute atomic E-state index is 13.7. The highest BCUT2D eigenvalue weighted by atomic mass is 19.1. The Labute approximate surface area is 118 Å². The van der Waals surface area contributed by atoms with Crippen LogP contribution in [0.5, 0.6) is 5.75 Å². The molecular weight excluding hydrogens is 255 g/mol. The number of hydrogen-bond acceptors (Lipinski definition) is 2. The van der Waals surface area contributed by atoms with Gasteiger partial charge in [-0.2, -0.15) is 0 Å². The van der Waals surface area contributed by atoms with Gasteiger partial charge < -0.3 is 9.84 Å². The number of aliphatic hydroxyl groups excluding tert-OH is 1. The standard InChI is InChI=1S/C17H19FO2/c1-11-4-5-12(2)14(8-11)10-20-15-6-7-16(13(3)19)17(18)9-15/h4-9,13,19H,10H2,1-3H3/t13-/m1/s1. The van der Waals surface area contributed by atoms with Crippen LogP contribution in [0.2, 0.25) is 0 Å². The lowest BCUT2D eigenvalue weighted by Crippen LogP contribution is -2.00. The highest BCUT2D eigenvalue weighted by Gasteiger charge is 2.09. The van der Waals surface area contributed by atoms with Gasteiger partial charge in [-0.05, 0) is 44.0 Å². The minimum atomic E-state index is -0.817. The summed E-state index contributed by atoms with van der Waals surface area (Å²) in [4.78, 5) is 0. The number of ether oxygens (including phenoxy) is 1. The summed E-state index contributed by atoms with van der Waals surface area (Å²) in [6.45, 7) is 5.99. The van der Waals surface area contributed by atoms with E-state index < -0.39 is 11.9 Å². The maximum atomic E-state index is 13.7. The van der Waals surface area contributed by atoms with Crippen molar-refractivity contribution in [3.05, 3.63) is 64.5 Å². The number of hydrogen-bond donors (Lipinski definition) is 1. The zero-order valence-corrected chi connectivity index (χ0v) is 12.0. The van der Waals surface area contributed by atoms with Gasteiger partial charge in [-0.15, -0.1) is 0 Å². The zero-order valence-electron chi connectivity index (χ0n) is 12.0. The van der Waals surface area contributed by atoms with E-state index in [1.807, 2.05) is 19.9 Å². The van der Waals surface area contributed by atoms with E-state index in [0.29, 0.717) is 12.4 Å². The van der Waals surface area contributed by atoms with Crippen LogP contribution < -0.4 is 4.74 Å². The molecule has 2 aromatic rings. The van der Waals surface area contributed by atoms with Gasteiger partial charge in [0.2, 0.25) is 0 Å². The number of aliphatic hydroxyl groups is 1. The number of aryl methyl sites for hydroxylation is 2. The summed E-state index contributed by atoms with van der Waals surface area (Å²) < 4.78 is 19.4. The van der Waals surface area contributed by atoms with E-state index in [2.05, 4.69) is 12.1 Å². The van der Waals surface area contributed by atoms with Gasteiger partial charge in [0, 0.05) is 11.6 Å². The lowest BCUT2D eigenvalue weighted by molar-refractivity contribution is 0.194. The Kier molecular flexibility index (Phi) is 4.40. The lowest BCUT2D eigenvalue weighted by atomic mass is 10.1. The Morgan fingerprint density at radius 2 is 1.90 bits per heavy atom. The van der Waals surface area contributed by atoms with Crippen LogP contribution in [0.1, 0.15) is 35.3 Å². The van der Waals surface area contributed by atoms with Crippen molar-refractivity contribution in [1.82, 2.24) is 0 Å². The Morgan fingerprint density at radius 1 is 1.15 bits per heavy atom. The molecule has 0 saturated carbocycles. The quantitative estimate of drug-likeness (QED) is 0.910. The Bertz CT molecular complexity index is 606. The van der Waals surface area contributed by atoms with Crippen molar-refractivity contribution in [2.75, 3.05) is 0 Å². The van der Waals surface area contributed by atoms with Crippen LogP contribution in [0.4, 0.5) is 4.39 Å². The summed E-state index contributed by atoms with van der Waals surface area (Å²) in [5.41, 5.74) is 3.69. The van der Waals surface area contributed by atoms with E-state index in [9.17, 15) is 9.50 Å². The van der Waals surface area contributed by atoms with Crippen molar-refractivity contribution in [3.63, 3.8) is 0 Å². The minimum absolute atomic E-state index is 0.282. The molecule has 20 heavy (non-hydrogen) atoms. The van der Waals surface area contributed by atoms with E-state index in [0.717, 1.165) is 11.1 Å². The first kappa shape index (κ1) is 14.5. The molecule has 2 nitrogen and oxygen atoms in total. The first-order valence-corrected chi connectivity index (χ1v) is 6.64. The van der Waals surface area contributed by atoms with E-state index >= 15 is 0 Å². The molecular formula is C17H19FO2. The molecule has 0 aliphatic rings. The fourth-order valence-electron chi connectivity index (χ4n) is 2.05. The van der Waals surface area contributed by atoms with E-state index in [-0.39, 0.29) is 5.56 Å². The maximum Gasteiger partial charge on any atom is 0.132 e. The number of benzene rings is 2. The lowest BCUT2D eigenvalue weighted by Gasteiger charge is -2.11. The third kappa shape index (κ3) is 3.36. The second-order valence-electron chi connectivity index (χ2n) is 5.08. The van der Waals surface area contributed by atoms with Gasteiger partial charge in [0.05, 0.1) is 6.10 Å². The SMILES string of the molecule is Cc1ccc(C)c(COc2ccc([C@@H](C)O)c(F)c2)c1. The molecule has 2 aromatic carbocycles. The van der Waals surface area contributed by atoms with E-state index in [1.54, 1.807) is 12.1 Å². The van der Waals surface area contributed by atoms with Gasteiger partial charge in [0.15, 0.2) is 0 Å². The number of halogens is 1. The normalized spacial score (nSPS) is 12.2. The smallest absolute Gasteiger partial charge is 0.132 e. The topological polar surface area (TPSA) is 29.5 Å². The molecule has 106 valence electrons. The zero-order chi connectivity index (χ0) is 14.7. The van der Waals surface area contributed by atoms with Gasteiger partial charge in [0.1, 0.15) is 18.2 Å². The summed E-state index contributed by atoms with van der Waals surface area (Å²) in [5, 5.41) is 9.39. The summed E-state index contributed by atoms with van der Waals surface area (Å²) in [6.07, 6.45) is -0.817. The van der Waals surface area contributed by atoms with Crippen LogP contribution in [0.25, 0.3) is 0 Å². The van der Waals surface area contributed by atoms with E-state index in [4.69, 9.17) is 4.74 Å². The fraction of sp³-hybridized carbons (Fsp3) is 0.294. The van der Waals surface area contributed by atoms with Crippen molar-refractivity contribution in [3.8, 4) is 5.75 Å². The van der Waals surface area contributed by atoms with Crippen LogP contribution in [0.15, 0.2) is 36.4 Å². The highest BCUT2D eigenvalue weighted by molar-refractivity contribution is 5.32. The van der Waals surface area contributed by atoms with E-state index in [1.165, 1.54) is 18.6 Å². The van der Waals surface area contributed by atoms with Gasteiger partial charge in [-0.25, -0.2) is 4.39 Å². The first-order chi connectivity index (χ1) is 9.47. The molecule has 0 radical (unpaired) electrons. The summed E-state index contributed by atoms with van der Waals surface area (Å²) >= 11 is 0. The minimum Gasteiger partial charge on any atom is -0.489 e. The molecule has 0 aromatic heterocycles. The summed E-state index contributed by atoms with van der Waals surface area (Å²) in [5.74, 6) is 0.0197. The molecule has 2 rings (SSSR count). The molecule has 0 fully saturated rings. The van der Waals surface area contributed by atoms with Gasteiger partial charge in [-0.1, -0.05) is 23.8 Å². The monoisotopic (exact) mass is 274 g/mol.